The molecule has 1 N–H and O–H groups in total. The molecule has 0 atom stereocenters. The average molecular weight is 557 g/mol. The van der Waals surface area contributed by atoms with E-state index in [1.165, 1.54) is 3.97 Å². The minimum Gasteiger partial charge on any atom is -0.352 e. The smallest absolute Gasteiger partial charge is 0.268 e. The quantitative estimate of drug-likeness (QED) is 0.337. The van der Waals surface area contributed by atoms with Gasteiger partial charge in [0.1, 0.15) is 11.6 Å². The Morgan fingerprint density at radius 2 is 1.80 bits per heavy atom. The third-order valence-electron chi connectivity index (χ3n) is 7.68. The largest absolute Gasteiger partial charge is 0.352 e. The molecular weight excluding hydrogens is 524 g/mol. The highest BCUT2D eigenvalue weighted by Crippen LogP contribution is 2.33. The van der Waals surface area contributed by atoms with Crippen LogP contribution in [0.4, 0.5) is 5.82 Å². The molecule has 0 amide bonds. The van der Waals surface area contributed by atoms with E-state index in [0.29, 0.717) is 47.9 Å². The van der Waals surface area contributed by atoms with Crippen LogP contribution in [0, 0.1) is 13.8 Å². The zero-order valence-electron chi connectivity index (χ0n) is 23.3. The molecule has 2 aromatic carbocycles. The molecule has 0 saturated heterocycles. The summed E-state index contributed by atoms with van der Waals surface area (Å²) >= 11 is 0. The van der Waals surface area contributed by atoms with Crippen molar-refractivity contribution in [1.29, 1.82) is 0 Å². The molecule has 10 heteroatoms. The minimum absolute atomic E-state index is 0.183. The van der Waals surface area contributed by atoms with Crippen LogP contribution in [-0.2, 0) is 30.0 Å². The van der Waals surface area contributed by atoms with Crippen LogP contribution in [0.3, 0.4) is 0 Å². The number of H-pyrrole nitrogens is 1. The predicted molar refractivity (Wildman–Crippen MR) is 156 cm³/mol. The SMILES string of the molecule is Cc1ccc(S(=O)(=O)n2cc(C)c3c(-c4nc5c(c(=O)[nH]4)CN(c4cc(C(C)C)nn4C)CC5)cccc32)cc1. The number of hydrogen-bond acceptors (Lipinski definition) is 6. The lowest BCUT2D eigenvalue weighted by Crippen LogP contribution is -2.36. The number of aromatic amines is 1. The second kappa shape index (κ2) is 9.48. The summed E-state index contributed by atoms with van der Waals surface area (Å²) in [6.45, 7) is 9.19. The third-order valence-corrected chi connectivity index (χ3v) is 9.36. The van der Waals surface area contributed by atoms with Crippen LogP contribution in [-0.4, -0.2) is 38.7 Å². The fraction of sp³-hybridized carbons (Fsp3) is 0.300. The van der Waals surface area contributed by atoms with Crippen LogP contribution in [0.1, 0.15) is 47.8 Å². The lowest BCUT2D eigenvalue weighted by Gasteiger charge is -2.29. The maximum atomic E-state index is 13.6. The average Bonchev–Trinajstić information content (AvgIpc) is 3.49. The molecule has 1 aliphatic heterocycles. The van der Waals surface area contributed by atoms with Gasteiger partial charge >= 0.3 is 0 Å². The molecule has 0 fully saturated rings. The maximum Gasteiger partial charge on any atom is 0.268 e. The summed E-state index contributed by atoms with van der Waals surface area (Å²) in [5.41, 5.74) is 5.25. The predicted octanol–water partition coefficient (Wildman–Crippen LogP) is 4.67. The molecule has 0 unspecified atom stereocenters. The van der Waals surface area contributed by atoms with Crippen molar-refractivity contribution in [3.05, 3.63) is 93.2 Å². The molecule has 0 radical (unpaired) electrons. The van der Waals surface area contributed by atoms with Crippen LogP contribution in [0.5, 0.6) is 0 Å². The van der Waals surface area contributed by atoms with Crippen molar-refractivity contribution in [2.45, 2.75) is 51.5 Å². The number of nitrogens with zero attached hydrogens (tertiary/aromatic N) is 5. The highest BCUT2D eigenvalue weighted by Gasteiger charge is 2.26. The van der Waals surface area contributed by atoms with Gasteiger partial charge in [0.05, 0.1) is 33.9 Å². The summed E-state index contributed by atoms with van der Waals surface area (Å²) in [5, 5.41) is 5.37. The van der Waals surface area contributed by atoms with Gasteiger partial charge in [0.15, 0.2) is 0 Å². The number of fused-ring (bicyclic) bond motifs is 2. The minimum atomic E-state index is -3.81. The molecule has 0 spiro atoms. The maximum absolute atomic E-state index is 13.6. The number of nitrogens with one attached hydrogen (secondary N) is 1. The number of benzene rings is 2. The summed E-state index contributed by atoms with van der Waals surface area (Å²) in [6.07, 6.45) is 2.25. The molecule has 0 bridgehead atoms. The lowest BCUT2D eigenvalue weighted by atomic mass is 10.0. The highest BCUT2D eigenvalue weighted by molar-refractivity contribution is 7.90. The lowest BCUT2D eigenvalue weighted by molar-refractivity contribution is 0.589. The van der Waals surface area contributed by atoms with Crippen LogP contribution >= 0.6 is 0 Å². The van der Waals surface area contributed by atoms with Crippen LogP contribution in [0.25, 0.3) is 22.3 Å². The van der Waals surface area contributed by atoms with Gasteiger partial charge in [0.25, 0.3) is 15.6 Å². The van der Waals surface area contributed by atoms with Gasteiger partial charge in [-0.1, -0.05) is 43.7 Å². The van der Waals surface area contributed by atoms with E-state index in [4.69, 9.17) is 4.98 Å². The van der Waals surface area contributed by atoms with Gasteiger partial charge in [0, 0.05) is 43.2 Å². The van der Waals surface area contributed by atoms with E-state index in [1.54, 1.807) is 42.6 Å². The number of aromatic nitrogens is 5. The first-order valence-corrected chi connectivity index (χ1v) is 14.8. The first-order chi connectivity index (χ1) is 19.0. The van der Waals surface area contributed by atoms with Gasteiger partial charge in [-0.15, -0.1) is 0 Å². The van der Waals surface area contributed by atoms with Crippen molar-refractivity contribution >= 4 is 26.7 Å². The normalized spacial score (nSPS) is 13.8. The zero-order valence-corrected chi connectivity index (χ0v) is 24.1. The van der Waals surface area contributed by atoms with E-state index in [2.05, 4.69) is 34.9 Å². The van der Waals surface area contributed by atoms with Gasteiger partial charge in [-0.25, -0.2) is 17.4 Å². The Balaban J connectivity index is 1.40. The summed E-state index contributed by atoms with van der Waals surface area (Å²) in [5.74, 6) is 1.74. The Morgan fingerprint density at radius 3 is 2.50 bits per heavy atom. The molecule has 40 heavy (non-hydrogen) atoms. The van der Waals surface area contributed by atoms with E-state index in [9.17, 15) is 13.2 Å². The Labute approximate surface area is 233 Å². The van der Waals surface area contributed by atoms with E-state index >= 15 is 0 Å². The first kappa shape index (κ1) is 26.1. The van der Waals surface area contributed by atoms with E-state index in [-0.39, 0.29) is 10.5 Å². The van der Waals surface area contributed by atoms with Crippen LogP contribution in [0.15, 0.2) is 64.4 Å². The van der Waals surface area contributed by atoms with E-state index in [1.807, 2.05) is 31.6 Å². The molecule has 5 aromatic rings. The molecule has 0 aliphatic carbocycles. The molecule has 3 aromatic heterocycles. The van der Waals surface area contributed by atoms with E-state index in [0.717, 1.165) is 33.7 Å². The fourth-order valence-corrected chi connectivity index (χ4v) is 6.89. The van der Waals surface area contributed by atoms with Crippen molar-refractivity contribution in [1.82, 2.24) is 23.7 Å². The van der Waals surface area contributed by atoms with Gasteiger partial charge in [-0.3, -0.25) is 9.48 Å². The van der Waals surface area contributed by atoms with Crippen LogP contribution in [0.2, 0.25) is 0 Å². The molecule has 4 heterocycles. The third kappa shape index (κ3) is 4.23. The number of aryl methyl sites for hydroxylation is 3. The second-order valence-corrected chi connectivity index (χ2v) is 12.7. The molecule has 0 saturated carbocycles. The van der Waals surface area contributed by atoms with Gasteiger partial charge < -0.3 is 9.88 Å². The van der Waals surface area contributed by atoms with Crippen molar-refractivity contribution in [3.63, 3.8) is 0 Å². The Hall–Kier alpha value is -4.18. The van der Waals surface area contributed by atoms with Crippen LogP contribution < -0.4 is 10.5 Å². The first-order valence-electron chi connectivity index (χ1n) is 13.4. The molecule has 6 rings (SSSR count). The monoisotopic (exact) mass is 556 g/mol. The van der Waals surface area contributed by atoms with Crippen molar-refractivity contribution < 1.29 is 8.42 Å². The summed E-state index contributed by atoms with van der Waals surface area (Å²) < 4.78 is 30.3. The topological polar surface area (TPSA) is 106 Å². The van der Waals surface area contributed by atoms with Crippen molar-refractivity contribution in [2.24, 2.45) is 7.05 Å². The highest BCUT2D eigenvalue weighted by atomic mass is 32.2. The zero-order chi connectivity index (χ0) is 28.3. The molecule has 9 nitrogen and oxygen atoms in total. The summed E-state index contributed by atoms with van der Waals surface area (Å²) in [6, 6.07) is 14.4. The molecular formula is C30H32N6O3S. The van der Waals surface area contributed by atoms with Crippen molar-refractivity contribution in [3.8, 4) is 11.4 Å². The van der Waals surface area contributed by atoms with E-state index < -0.39 is 10.0 Å². The van der Waals surface area contributed by atoms with Gasteiger partial charge in [-0.2, -0.15) is 5.10 Å². The molecule has 1 aliphatic rings. The number of anilines is 1. The fourth-order valence-electron chi connectivity index (χ4n) is 5.47. The Kier molecular flexibility index (Phi) is 6.18. The standard InChI is InChI=1S/C30H32N6O3S/c1-18(2)25-15-27(34(5)33-25)35-14-13-24-23(17-35)30(37)32-29(31-24)22-7-6-8-26-28(22)20(4)16-36(26)40(38,39)21-11-9-19(3)10-12-21/h6-12,15-16,18H,13-14,17H2,1-5H3,(H,31,32,37). The Bertz CT molecular complexity index is 1930. The summed E-state index contributed by atoms with van der Waals surface area (Å²) in [4.78, 5) is 23.7. The molecule has 206 valence electrons. The van der Waals surface area contributed by atoms with Gasteiger partial charge in [0.2, 0.25) is 0 Å². The number of hydrogen-bond donors (Lipinski definition) is 1. The summed E-state index contributed by atoms with van der Waals surface area (Å²) in [7, 11) is -1.88. The number of rotatable bonds is 5. The second-order valence-electron chi connectivity index (χ2n) is 10.8. The van der Waals surface area contributed by atoms with Crippen molar-refractivity contribution in [2.75, 3.05) is 11.4 Å². The van der Waals surface area contributed by atoms with Gasteiger partial charge in [-0.05, 0) is 43.5 Å². The Morgan fingerprint density at radius 1 is 1.05 bits per heavy atom.